The number of amides is 1. The lowest BCUT2D eigenvalue weighted by Gasteiger charge is -2.13. The Morgan fingerprint density at radius 1 is 1.03 bits per heavy atom. The number of carbonyl (C=O) groups is 1. The maximum absolute atomic E-state index is 12.5. The molecule has 6 nitrogen and oxygen atoms in total. The van der Waals surface area contributed by atoms with Gasteiger partial charge in [-0.25, -0.2) is 4.98 Å². The van der Waals surface area contributed by atoms with Gasteiger partial charge in [0.1, 0.15) is 5.82 Å². The van der Waals surface area contributed by atoms with Crippen LogP contribution in [0.4, 0.5) is 0 Å². The highest BCUT2D eigenvalue weighted by Gasteiger charge is 2.12. The smallest absolute Gasteiger partial charge is 0.251 e. The van der Waals surface area contributed by atoms with Crippen LogP contribution in [0.1, 0.15) is 47.1 Å². The van der Waals surface area contributed by atoms with Crippen LogP contribution < -0.4 is 14.8 Å². The predicted molar refractivity (Wildman–Crippen MR) is 149 cm³/mol. The second-order valence-corrected chi connectivity index (χ2v) is 8.96. The van der Waals surface area contributed by atoms with E-state index in [0.717, 1.165) is 70.9 Å². The summed E-state index contributed by atoms with van der Waals surface area (Å²) < 4.78 is 13.8. The van der Waals surface area contributed by atoms with Gasteiger partial charge in [0.05, 0.1) is 24.8 Å². The Bertz CT molecular complexity index is 1370. The number of nitrogens with one attached hydrogen (secondary N) is 1. The van der Waals surface area contributed by atoms with Crippen LogP contribution >= 0.6 is 0 Å². The Kier molecular flexibility index (Phi) is 8.98. The van der Waals surface area contributed by atoms with Gasteiger partial charge in [-0.1, -0.05) is 48.6 Å². The fourth-order valence-electron chi connectivity index (χ4n) is 4.44. The van der Waals surface area contributed by atoms with Crippen molar-refractivity contribution in [1.29, 1.82) is 0 Å². The van der Waals surface area contributed by atoms with Crippen molar-refractivity contribution >= 4 is 23.0 Å². The largest absolute Gasteiger partial charge is 0.493 e. The molecular formula is C31H35N3O3. The van der Waals surface area contributed by atoms with E-state index in [0.29, 0.717) is 13.2 Å². The van der Waals surface area contributed by atoms with E-state index in [1.807, 2.05) is 86.7 Å². The minimum atomic E-state index is -0.0297. The van der Waals surface area contributed by atoms with Crippen molar-refractivity contribution in [3.8, 4) is 11.5 Å². The number of hydrogen-bond acceptors (Lipinski definition) is 4. The molecule has 0 aliphatic rings. The molecule has 4 aromatic rings. The summed E-state index contributed by atoms with van der Waals surface area (Å²) >= 11 is 0. The second-order valence-electron chi connectivity index (χ2n) is 8.96. The summed E-state index contributed by atoms with van der Waals surface area (Å²) in [7, 11) is 1.66. The molecule has 1 heterocycles. The first-order valence-electron chi connectivity index (χ1n) is 12.8. The van der Waals surface area contributed by atoms with E-state index in [4.69, 9.17) is 14.5 Å². The Balaban J connectivity index is 1.34. The summed E-state index contributed by atoms with van der Waals surface area (Å²) in [6.07, 6.45) is 6.46. The molecular weight excluding hydrogens is 462 g/mol. The van der Waals surface area contributed by atoms with E-state index in [1.165, 1.54) is 0 Å². The monoisotopic (exact) mass is 497 g/mol. The van der Waals surface area contributed by atoms with Crippen LogP contribution in [-0.2, 0) is 13.0 Å². The lowest BCUT2D eigenvalue weighted by Crippen LogP contribution is -2.25. The number of allylic oxidation sites excluding steroid dienone is 1. The summed E-state index contributed by atoms with van der Waals surface area (Å²) in [6, 6.07) is 21.8. The molecule has 0 atom stereocenters. The molecule has 192 valence electrons. The van der Waals surface area contributed by atoms with Crippen LogP contribution in [0.25, 0.3) is 17.1 Å². The highest BCUT2D eigenvalue weighted by molar-refractivity contribution is 5.95. The number of fused-ring (bicyclic) bond motifs is 1. The first-order valence-corrected chi connectivity index (χ1v) is 12.8. The van der Waals surface area contributed by atoms with Crippen molar-refractivity contribution in [2.45, 2.75) is 39.7 Å². The highest BCUT2D eigenvalue weighted by atomic mass is 16.5. The molecule has 0 aliphatic heterocycles. The van der Waals surface area contributed by atoms with Crippen LogP contribution in [0.15, 0.2) is 72.8 Å². The Labute approximate surface area is 218 Å². The maximum Gasteiger partial charge on any atom is 0.251 e. The zero-order valence-corrected chi connectivity index (χ0v) is 21.9. The molecule has 0 spiro atoms. The van der Waals surface area contributed by atoms with Crippen molar-refractivity contribution in [1.82, 2.24) is 14.9 Å². The third kappa shape index (κ3) is 6.58. The predicted octanol–water partition coefficient (Wildman–Crippen LogP) is 6.22. The minimum absolute atomic E-state index is 0.0297. The van der Waals surface area contributed by atoms with Crippen LogP contribution in [0.5, 0.6) is 11.5 Å². The molecule has 0 radical (unpaired) electrons. The third-order valence-electron chi connectivity index (χ3n) is 6.32. The van der Waals surface area contributed by atoms with Gasteiger partial charge in [-0.2, -0.15) is 0 Å². The van der Waals surface area contributed by atoms with Gasteiger partial charge < -0.3 is 19.4 Å². The van der Waals surface area contributed by atoms with Gasteiger partial charge in [-0.05, 0) is 68.1 Å². The van der Waals surface area contributed by atoms with Gasteiger partial charge in [0, 0.05) is 25.1 Å². The minimum Gasteiger partial charge on any atom is -0.493 e. The van der Waals surface area contributed by atoms with Gasteiger partial charge in [0.2, 0.25) is 0 Å². The molecule has 3 aromatic carbocycles. The number of hydrogen-bond donors (Lipinski definition) is 1. The number of imidazole rings is 1. The summed E-state index contributed by atoms with van der Waals surface area (Å²) in [5.74, 6) is 2.48. The number of aromatic nitrogens is 2. The van der Waals surface area contributed by atoms with Gasteiger partial charge in [0.15, 0.2) is 11.5 Å². The van der Waals surface area contributed by atoms with E-state index >= 15 is 0 Å². The van der Waals surface area contributed by atoms with Crippen LogP contribution in [0, 0.1) is 6.92 Å². The number of carbonyl (C=O) groups excluding carboxylic acids is 1. The summed E-state index contributed by atoms with van der Waals surface area (Å²) in [5, 5.41) is 3.04. The lowest BCUT2D eigenvalue weighted by atomic mass is 10.1. The number of benzene rings is 3. The second kappa shape index (κ2) is 12.8. The van der Waals surface area contributed by atoms with Crippen molar-refractivity contribution < 1.29 is 14.3 Å². The number of aryl methyl sites for hydroxylation is 3. The van der Waals surface area contributed by atoms with Gasteiger partial charge in [-0.3, -0.25) is 4.79 Å². The highest BCUT2D eigenvalue weighted by Crippen LogP contribution is 2.29. The first kappa shape index (κ1) is 26.0. The Morgan fingerprint density at radius 2 is 1.84 bits per heavy atom. The molecule has 0 bridgehead atoms. The number of para-hydroxylation sites is 2. The fraction of sp³-hybridized carbons (Fsp3) is 0.290. The molecule has 37 heavy (non-hydrogen) atoms. The lowest BCUT2D eigenvalue weighted by molar-refractivity contribution is 0.0952. The average Bonchev–Trinajstić information content (AvgIpc) is 3.27. The molecule has 4 rings (SSSR count). The Morgan fingerprint density at radius 3 is 2.65 bits per heavy atom. The van der Waals surface area contributed by atoms with E-state index in [9.17, 15) is 4.79 Å². The van der Waals surface area contributed by atoms with Crippen molar-refractivity contribution in [2.75, 3.05) is 20.3 Å². The Hall–Kier alpha value is -4.06. The molecule has 0 saturated heterocycles. The fourth-order valence-corrected chi connectivity index (χ4v) is 4.44. The molecule has 0 aliphatic carbocycles. The van der Waals surface area contributed by atoms with Crippen molar-refractivity contribution in [2.24, 2.45) is 0 Å². The first-order chi connectivity index (χ1) is 18.1. The maximum atomic E-state index is 12.5. The zero-order valence-electron chi connectivity index (χ0n) is 21.9. The van der Waals surface area contributed by atoms with Crippen LogP contribution in [0.3, 0.4) is 0 Å². The standard InChI is InChI=1S/C31H35N3O3/c1-4-11-24-17-18-28(29(22-24)36-3)37-21-10-20-34-27-15-8-7-14-26(27)33-30(34)16-9-19-32-31(35)25-13-6-5-12-23(25)2/h4-8,11-15,17-18,22H,9-10,16,19-21H2,1-3H3,(H,32,35)/b11-4+. The SMILES string of the molecule is C/C=C/c1ccc(OCCCn2c(CCCNC(=O)c3ccccc3C)nc3ccccc32)c(OC)c1. The molecule has 0 unspecified atom stereocenters. The average molecular weight is 498 g/mol. The van der Waals surface area contributed by atoms with Gasteiger partial charge >= 0.3 is 0 Å². The van der Waals surface area contributed by atoms with Crippen LogP contribution in [0.2, 0.25) is 0 Å². The number of rotatable bonds is 12. The van der Waals surface area contributed by atoms with Crippen molar-refractivity contribution in [3.63, 3.8) is 0 Å². The van der Waals surface area contributed by atoms with Crippen molar-refractivity contribution in [3.05, 3.63) is 95.3 Å². The van der Waals surface area contributed by atoms with E-state index in [2.05, 4.69) is 16.0 Å². The normalized spacial score (nSPS) is 11.2. The van der Waals surface area contributed by atoms with E-state index in [-0.39, 0.29) is 5.91 Å². The number of methoxy groups -OCH3 is 1. The van der Waals surface area contributed by atoms with E-state index in [1.54, 1.807) is 7.11 Å². The summed E-state index contributed by atoms with van der Waals surface area (Å²) in [4.78, 5) is 17.4. The van der Waals surface area contributed by atoms with Gasteiger partial charge in [-0.15, -0.1) is 0 Å². The molecule has 1 aromatic heterocycles. The molecule has 1 N–H and O–H groups in total. The topological polar surface area (TPSA) is 65.4 Å². The quantitative estimate of drug-likeness (QED) is 0.236. The van der Waals surface area contributed by atoms with E-state index < -0.39 is 0 Å². The number of nitrogens with zero attached hydrogens (tertiary/aromatic N) is 2. The molecule has 6 heteroatoms. The molecule has 1 amide bonds. The van der Waals surface area contributed by atoms with Gasteiger partial charge in [0.25, 0.3) is 5.91 Å². The molecule has 0 fully saturated rings. The van der Waals surface area contributed by atoms with Crippen LogP contribution in [-0.4, -0.2) is 35.7 Å². The summed E-state index contributed by atoms with van der Waals surface area (Å²) in [5.41, 5.74) is 4.90. The zero-order chi connectivity index (χ0) is 26.0. The third-order valence-corrected chi connectivity index (χ3v) is 6.32. The molecule has 0 saturated carbocycles. The summed E-state index contributed by atoms with van der Waals surface area (Å²) in [6.45, 7) is 5.91. The number of ether oxygens (including phenoxy) is 2.